The molecule has 0 saturated heterocycles. The van der Waals surface area contributed by atoms with Crippen molar-refractivity contribution in [2.75, 3.05) is 6.79 Å². The van der Waals surface area contributed by atoms with Gasteiger partial charge in [-0.05, 0) is 37.5 Å². The third-order valence-electron chi connectivity index (χ3n) is 4.14. The number of rotatable bonds is 6. The first-order chi connectivity index (χ1) is 12.1. The molecule has 2 aromatic rings. The Balaban J connectivity index is 1.35. The summed E-state index contributed by atoms with van der Waals surface area (Å²) >= 11 is 1.29. The van der Waals surface area contributed by atoms with Crippen LogP contribution in [0, 0.1) is 0 Å². The average Bonchev–Trinajstić information content (AvgIpc) is 3.21. The molecule has 1 atom stereocenters. The highest BCUT2D eigenvalue weighted by atomic mass is 32.2. The number of nitrogens with zero attached hydrogens (tertiary/aromatic N) is 2. The average molecular weight is 362 g/mol. The minimum atomic E-state index is -0.360. The minimum absolute atomic E-state index is 0.111. The smallest absolute Gasteiger partial charge is 0.344 e. The Kier molecular flexibility index (Phi) is 4.16. The van der Waals surface area contributed by atoms with Gasteiger partial charge in [0.05, 0.1) is 5.25 Å². The van der Waals surface area contributed by atoms with Gasteiger partial charge in [0.2, 0.25) is 12.7 Å². The van der Waals surface area contributed by atoms with Gasteiger partial charge in [-0.25, -0.2) is 9.89 Å². The number of hydrogen-bond donors (Lipinski definition) is 2. The number of H-pyrrole nitrogens is 1. The Labute approximate surface area is 147 Å². The fourth-order valence-electron chi connectivity index (χ4n) is 2.62. The van der Waals surface area contributed by atoms with E-state index in [1.54, 1.807) is 11.5 Å². The summed E-state index contributed by atoms with van der Waals surface area (Å²) in [5.74, 6) is 1.30. The molecule has 8 nitrogen and oxygen atoms in total. The van der Waals surface area contributed by atoms with Gasteiger partial charge < -0.3 is 14.8 Å². The predicted octanol–water partition coefficient (Wildman–Crippen LogP) is 1.43. The van der Waals surface area contributed by atoms with E-state index in [9.17, 15) is 9.59 Å². The minimum Gasteiger partial charge on any atom is -0.454 e. The number of nitrogens with one attached hydrogen (secondary N) is 2. The number of benzene rings is 1. The molecule has 2 heterocycles. The second-order valence-electron chi connectivity index (χ2n) is 6.08. The van der Waals surface area contributed by atoms with Crippen LogP contribution < -0.4 is 20.5 Å². The highest BCUT2D eigenvalue weighted by Gasteiger charge is 2.30. The molecule has 1 fully saturated rings. The Bertz CT molecular complexity index is 858. The maximum absolute atomic E-state index is 12.3. The maximum Gasteiger partial charge on any atom is 0.344 e. The zero-order valence-corrected chi connectivity index (χ0v) is 14.5. The summed E-state index contributed by atoms with van der Waals surface area (Å²) in [5, 5.41) is 9.61. The molecule has 1 saturated carbocycles. The van der Waals surface area contributed by atoms with Crippen molar-refractivity contribution in [2.24, 2.45) is 0 Å². The van der Waals surface area contributed by atoms with Crippen LogP contribution in [0.25, 0.3) is 0 Å². The largest absolute Gasteiger partial charge is 0.454 e. The number of fused-ring (bicyclic) bond motifs is 1. The van der Waals surface area contributed by atoms with Crippen LogP contribution in [-0.4, -0.2) is 32.7 Å². The molecule has 25 heavy (non-hydrogen) atoms. The van der Waals surface area contributed by atoms with Crippen LogP contribution in [-0.2, 0) is 11.3 Å². The third-order valence-corrected chi connectivity index (χ3v) is 5.21. The molecule has 1 amide bonds. The summed E-state index contributed by atoms with van der Waals surface area (Å²) in [6.45, 7) is 2.43. The number of carbonyl (C=O) groups excluding carboxylic acids is 1. The van der Waals surface area contributed by atoms with Crippen molar-refractivity contribution < 1.29 is 14.3 Å². The topological polar surface area (TPSA) is 98.2 Å². The summed E-state index contributed by atoms with van der Waals surface area (Å²) in [6.07, 6.45) is 1.97. The van der Waals surface area contributed by atoms with E-state index in [0.29, 0.717) is 17.5 Å². The Hall–Kier alpha value is -2.42. The van der Waals surface area contributed by atoms with Crippen LogP contribution in [0.1, 0.15) is 31.4 Å². The van der Waals surface area contributed by atoms with E-state index >= 15 is 0 Å². The fourth-order valence-corrected chi connectivity index (χ4v) is 3.57. The van der Waals surface area contributed by atoms with Crippen molar-refractivity contribution in [2.45, 2.75) is 42.8 Å². The number of carbonyl (C=O) groups is 1. The highest BCUT2D eigenvalue weighted by Crippen LogP contribution is 2.36. The van der Waals surface area contributed by atoms with Crippen LogP contribution >= 0.6 is 11.8 Å². The molecule has 1 aromatic carbocycles. The molecular formula is C16H18N4O4S. The molecule has 2 aliphatic rings. The molecule has 4 rings (SSSR count). The Morgan fingerprint density at radius 1 is 1.44 bits per heavy atom. The summed E-state index contributed by atoms with van der Waals surface area (Å²) < 4.78 is 12.2. The van der Waals surface area contributed by atoms with Gasteiger partial charge in [0.1, 0.15) is 0 Å². The quantitative estimate of drug-likeness (QED) is 0.755. The van der Waals surface area contributed by atoms with Gasteiger partial charge in [-0.3, -0.25) is 9.36 Å². The molecule has 2 N–H and O–H groups in total. The number of aromatic amines is 1. The Morgan fingerprint density at radius 3 is 3.04 bits per heavy atom. The first-order valence-electron chi connectivity index (χ1n) is 8.11. The summed E-state index contributed by atoms with van der Waals surface area (Å²) in [7, 11) is 0. The van der Waals surface area contributed by atoms with Gasteiger partial charge in [-0.2, -0.15) is 0 Å². The highest BCUT2D eigenvalue weighted by molar-refractivity contribution is 8.00. The first-order valence-corrected chi connectivity index (χ1v) is 8.99. The molecule has 132 valence electrons. The normalized spacial score (nSPS) is 16.7. The molecule has 0 radical (unpaired) electrons. The van der Waals surface area contributed by atoms with Crippen LogP contribution in [0.5, 0.6) is 11.5 Å². The van der Waals surface area contributed by atoms with Crippen LogP contribution in [0.4, 0.5) is 0 Å². The number of aromatic nitrogens is 3. The lowest BCUT2D eigenvalue weighted by atomic mass is 10.2. The molecule has 1 unspecified atom stereocenters. The zero-order chi connectivity index (χ0) is 17.4. The van der Waals surface area contributed by atoms with Gasteiger partial charge in [0, 0.05) is 12.6 Å². The van der Waals surface area contributed by atoms with Gasteiger partial charge in [-0.15, -0.1) is 5.10 Å². The van der Waals surface area contributed by atoms with Gasteiger partial charge in [0.25, 0.3) is 0 Å². The number of hydrogen-bond acceptors (Lipinski definition) is 6. The summed E-state index contributed by atoms with van der Waals surface area (Å²) in [4.78, 5) is 24.1. The SMILES string of the molecule is CC(Sc1n[nH]c(=O)n1C1CC1)C(=O)NCc1ccc2c(c1)OCO2. The van der Waals surface area contributed by atoms with Crippen molar-refractivity contribution in [3.63, 3.8) is 0 Å². The lowest BCUT2D eigenvalue weighted by Gasteiger charge is -2.12. The van der Waals surface area contributed by atoms with Crippen molar-refractivity contribution >= 4 is 17.7 Å². The van der Waals surface area contributed by atoms with E-state index in [-0.39, 0.29) is 29.7 Å². The molecule has 1 aliphatic heterocycles. The number of thioether (sulfide) groups is 1. The van der Waals surface area contributed by atoms with Crippen LogP contribution in [0.3, 0.4) is 0 Å². The second kappa shape index (κ2) is 6.47. The van der Waals surface area contributed by atoms with E-state index in [0.717, 1.165) is 24.2 Å². The molecule has 9 heteroatoms. The summed E-state index contributed by atoms with van der Waals surface area (Å²) in [6, 6.07) is 5.81. The van der Waals surface area contributed by atoms with Gasteiger partial charge in [-0.1, -0.05) is 17.8 Å². The third kappa shape index (κ3) is 3.37. The molecule has 1 aliphatic carbocycles. The molecular weight excluding hydrogens is 344 g/mol. The van der Waals surface area contributed by atoms with E-state index in [1.807, 2.05) is 18.2 Å². The maximum atomic E-state index is 12.3. The number of ether oxygens (including phenoxy) is 2. The lowest BCUT2D eigenvalue weighted by molar-refractivity contribution is -0.120. The molecule has 0 spiro atoms. The molecule has 1 aromatic heterocycles. The van der Waals surface area contributed by atoms with Crippen molar-refractivity contribution in [1.29, 1.82) is 0 Å². The monoisotopic (exact) mass is 362 g/mol. The second-order valence-corrected chi connectivity index (χ2v) is 7.39. The van der Waals surface area contributed by atoms with Gasteiger partial charge >= 0.3 is 5.69 Å². The van der Waals surface area contributed by atoms with Gasteiger partial charge in [0.15, 0.2) is 16.7 Å². The standard InChI is InChI=1S/C16H18N4O4S/c1-9(25-16-19-18-15(22)20(16)11-3-4-11)14(21)17-7-10-2-5-12-13(6-10)24-8-23-12/h2,5-6,9,11H,3-4,7-8H2,1H3,(H,17,21)(H,18,22). The van der Waals surface area contributed by atoms with E-state index in [4.69, 9.17) is 9.47 Å². The van der Waals surface area contributed by atoms with Crippen molar-refractivity contribution in [3.05, 3.63) is 34.2 Å². The number of amides is 1. The summed E-state index contributed by atoms with van der Waals surface area (Å²) in [5.41, 5.74) is 0.724. The van der Waals surface area contributed by atoms with Crippen LogP contribution in [0.2, 0.25) is 0 Å². The van der Waals surface area contributed by atoms with E-state index < -0.39 is 0 Å². The first kappa shape index (κ1) is 16.1. The predicted molar refractivity (Wildman–Crippen MR) is 90.8 cm³/mol. The van der Waals surface area contributed by atoms with Crippen molar-refractivity contribution in [3.8, 4) is 11.5 Å². The van der Waals surface area contributed by atoms with Crippen LogP contribution in [0.15, 0.2) is 28.2 Å². The molecule has 0 bridgehead atoms. The van der Waals surface area contributed by atoms with E-state index in [1.165, 1.54) is 11.8 Å². The van der Waals surface area contributed by atoms with E-state index in [2.05, 4.69) is 15.5 Å². The zero-order valence-electron chi connectivity index (χ0n) is 13.7. The fraction of sp³-hybridized carbons (Fsp3) is 0.438. The van der Waals surface area contributed by atoms with Crippen molar-refractivity contribution in [1.82, 2.24) is 20.1 Å². The Morgan fingerprint density at radius 2 is 2.24 bits per heavy atom. The lowest BCUT2D eigenvalue weighted by Crippen LogP contribution is -2.30.